The predicted molar refractivity (Wildman–Crippen MR) is 82.8 cm³/mol. The van der Waals surface area contributed by atoms with Crippen molar-refractivity contribution in [3.63, 3.8) is 0 Å². The van der Waals surface area contributed by atoms with Crippen molar-refractivity contribution in [1.82, 2.24) is 9.97 Å². The van der Waals surface area contributed by atoms with E-state index in [1.807, 2.05) is 18.2 Å². The lowest BCUT2D eigenvalue weighted by Crippen LogP contribution is -1.93. The lowest BCUT2D eigenvalue weighted by Gasteiger charge is -2.10. The number of nitrogens with zero attached hydrogens (tertiary/aromatic N) is 2. The number of aromatic nitrogens is 2. The van der Waals surface area contributed by atoms with Gasteiger partial charge in [-0.15, -0.1) is 0 Å². The lowest BCUT2D eigenvalue weighted by atomic mass is 10.0. The van der Waals surface area contributed by atoms with E-state index < -0.39 is 0 Å². The van der Waals surface area contributed by atoms with Gasteiger partial charge in [0.1, 0.15) is 28.7 Å². The van der Waals surface area contributed by atoms with Crippen LogP contribution in [-0.4, -0.2) is 24.2 Å². The van der Waals surface area contributed by atoms with Crippen molar-refractivity contribution in [2.75, 3.05) is 14.2 Å². The molecular formula is C17H15FN2O2. The maximum absolute atomic E-state index is 14.3. The first-order chi connectivity index (χ1) is 10.6. The Kier molecular flexibility index (Phi) is 3.63. The Morgan fingerprint density at radius 3 is 2.18 bits per heavy atom. The van der Waals surface area contributed by atoms with Gasteiger partial charge in [-0.05, 0) is 42.3 Å². The second kappa shape index (κ2) is 5.60. The molecule has 2 aromatic carbocycles. The minimum absolute atomic E-state index is 0.325. The van der Waals surface area contributed by atoms with Crippen molar-refractivity contribution in [3.8, 4) is 22.6 Å². The fourth-order valence-corrected chi connectivity index (χ4v) is 2.33. The molecule has 4 nitrogen and oxygen atoms in total. The number of benzene rings is 2. The Morgan fingerprint density at radius 2 is 1.55 bits per heavy atom. The zero-order valence-electron chi connectivity index (χ0n) is 12.6. The molecule has 0 atom stereocenters. The van der Waals surface area contributed by atoms with Crippen LogP contribution in [0.2, 0.25) is 0 Å². The fourth-order valence-electron chi connectivity index (χ4n) is 2.33. The maximum Gasteiger partial charge on any atom is 0.150 e. The molecule has 0 amide bonds. The summed E-state index contributed by atoms with van der Waals surface area (Å²) in [5, 5.41) is 0.655. The normalized spacial score (nSPS) is 10.7. The Labute approximate surface area is 127 Å². The third-order valence-corrected chi connectivity index (χ3v) is 3.44. The first-order valence-electron chi connectivity index (χ1n) is 6.77. The zero-order valence-corrected chi connectivity index (χ0v) is 12.6. The molecule has 3 aromatic rings. The third kappa shape index (κ3) is 2.57. The minimum Gasteiger partial charge on any atom is -0.497 e. The summed E-state index contributed by atoms with van der Waals surface area (Å²) in [4.78, 5) is 8.27. The Bertz CT molecular complexity index is 827. The fraction of sp³-hybridized carbons (Fsp3) is 0.176. The van der Waals surface area contributed by atoms with Crippen molar-refractivity contribution in [3.05, 3.63) is 48.2 Å². The Hall–Kier alpha value is -2.69. The molecule has 0 aliphatic heterocycles. The SMILES string of the molecule is COc1cc(OC)cc(-c2cc(F)c3nc(C)ncc3c2)c1. The molecule has 0 bridgehead atoms. The number of halogens is 1. The van der Waals surface area contributed by atoms with Crippen LogP contribution in [0.5, 0.6) is 11.5 Å². The highest BCUT2D eigenvalue weighted by molar-refractivity contribution is 5.85. The topological polar surface area (TPSA) is 44.2 Å². The van der Waals surface area contributed by atoms with Gasteiger partial charge in [0.15, 0.2) is 0 Å². The van der Waals surface area contributed by atoms with Crippen LogP contribution in [0, 0.1) is 12.7 Å². The number of aryl methyl sites for hydroxylation is 1. The van der Waals surface area contributed by atoms with E-state index >= 15 is 0 Å². The van der Waals surface area contributed by atoms with Gasteiger partial charge in [0.25, 0.3) is 0 Å². The molecule has 0 saturated carbocycles. The molecule has 22 heavy (non-hydrogen) atoms. The Morgan fingerprint density at radius 1 is 0.909 bits per heavy atom. The van der Waals surface area contributed by atoms with E-state index in [0.29, 0.717) is 28.2 Å². The number of ether oxygens (including phenoxy) is 2. The third-order valence-electron chi connectivity index (χ3n) is 3.44. The van der Waals surface area contributed by atoms with Crippen LogP contribution >= 0.6 is 0 Å². The molecule has 0 aliphatic carbocycles. The molecule has 0 saturated heterocycles. The quantitative estimate of drug-likeness (QED) is 0.738. The molecule has 3 rings (SSSR count). The summed E-state index contributed by atoms with van der Waals surface area (Å²) in [5.41, 5.74) is 1.85. The molecule has 0 spiro atoms. The molecule has 0 N–H and O–H groups in total. The summed E-state index contributed by atoms with van der Waals surface area (Å²) in [6, 6.07) is 8.75. The molecule has 1 heterocycles. The minimum atomic E-state index is -0.375. The van der Waals surface area contributed by atoms with Crippen molar-refractivity contribution in [2.24, 2.45) is 0 Å². The van der Waals surface area contributed by atoms with E-state index in [9.17, 15) is 4.39 Å². The van der Waals surface area contributed by atoms with Crippen LogP contribution < -0.4 is 9.47 Å². The largest absolute Gasteiger partial charge is 0.497 e. The molecule has 0 fully saturated rings. The zero-order chi connectivity index (χ0) is 15.7. The molecule has 1 aromatic heterocycles. The highest BCUT2D eigenvalue weighted by Gasteiger charge is 2.10. The van der Waals surface area contributed by atoms with E-state index in [1.165, 1.54) is 6.07 Å². The van der Waals surface area contributed by atoms with Gasteiger partial charge in [0, 0.05) is 17.6 Å². The molecular weight excluding hydrogens is 283 g/mol. The van der Waals surface area contributed by atoms with Gasteiger partial charge >= 0.3 is 0 Å². The van der Waals surface area contributed by atoms with E-state index in [4.69, 9.17) is 9.47 Å². The number of hydrogen-bond acceptors (Lipinski definition) is 4. The van der Waals surface area contributed by atoms with Crippen LogP contribution in [0.3, 0.4) is 0 Å². The molecule has 0 aliphatic rings. The first-order valence-corrected chi connectivity index (χ1v) is 6.77. The number of hydrogen-bond donors (Lipinski definition) is 0. The first kappa shape index (κ1) is 14.3. The van der Waals surface area contributed by atoms with Crippen LogP contribution in [0.15, 0.2) is 36.5 Å². The summed E-state index contributed by atoms with van der Waals surface area (Å²) < 4.78 is 24.8. The van der Waals surface area contributed by atoms with E-state index in [-0.39, 0.29) is 5.82 Å². The molecule has 5 heteroatoms. The maximum atomic E-state index is 14.3. The van der Waals surface area contributed by atoms with Crippen LogP contribution in [-0.2, 0) is 0 Å². The highest BCUT2D eigenvalue weighted by Crippen LogP contribution is 2.32. The second-order valence-electron chi connectivity index (χ2n) is 4.91. The van der Waals surface area contributed by atoms with Gasteiger partial charge < -0.3 is 9.47 Å². The summed E-state index contributed by atoms with van der Waals surface area (Å²) in [6.45, 7) is 1.74. The predicted octanol–water partition coefficient (Wildman–Crippen LogP) is 3.76. The number of fused-ring (bicyclic) bond motifs is 1. The second-order valence-corrected chi connectivity index (χ2v) is 4.91. The summed E-state index contributed by atoms with van der Waals surface area (Å²) >= 11 is 0. The molecule has 0 radical (unpaired) electrons. The Balaban J connectivity index is 2.20. The van der Waals surface area contributed by atoms with Gasteiger partial charge in [-0.1, -0.05) is 0 Å². The van der Waals surface area contributed by atoms with Gasteiger partial charge in [-0.25, -0.2) is 14.4 Å². The molecule has 0 unspecified atom stereocenters. The van der Waals surface area contributed by atoms with Crippen molar-refractivity contribution in [1.29, 1.82) is 0 Å². The number of methoxy groups -OCH3 is 2. The van der Waals surface area contributed by atoms with Gasteiger partial charge in [-0.2, -0.15) is 0 Å². The number of rotatable bonds is 3. The summed E-state index contributed by atoms with van der Waals surface area (Å²) in [7, 11) is 3.16. The molecule has 112 valence electrons. The van der Waals surface area contributed by atoms with Gasteiger partial charge in [0.2, 0.25) is 0 Å². The lowest BCUT2D eigenvalue weighted by molar-refractivity contribution is 0.394. The van der Waals surface area contributed by atoms with Crippen LogP contribution in [0.25, 0.3) is 22.0 Å². The van der Waals surface area contributed by atoms with E-state index in [0.717, 1.165) is 11.1 Å². The van der Waals surface area contributed by atoms with Crippen molar-refractivity contribution >= 4 is 10.9 Å². The van der Waals surface area contributed by atoms with Gasteiger partial charge in [-0.3, -0.25) is 0 Å². The van der Waals surface area contributed by atoms with Gasteiger partial charge in [0.05, 0.1) is 14.2 Å². The average molecular weight is 298 g/mol. The van der Waals surface area contributed by atoms with Crippen molar-refractivity contribution < 1.29 is 13.9 Å². The van der Waals surface area contributed by atoms with E-state index in [1.54, 1.807) is 33.4 Å². The van der Waals surface area contributed by atoms with Crippen LogP contribution in [0.1, 0.15) is 5.82 Å². The summed E-state index contributed by atoms with van der Waals surface area (Å²) in [6.07, 6.45) is 1.63. The van der Waals surface area contributed by atoms with E-state index in [2.05, 4.69) is 9.97 Å². The monoisotopic (exact) mass is 298 g/mol. The van der Waals surface area contributed by atoms with Crippen molar-refractivity contribution in [2.45, 2.75) is 6.92 Å². The average Bonchev–Trinajstić information content (AvgIpc) is 2.54. The summed E-state index contributed by atoms with van der Waals surface area (Å²) in [5.74, 6) is 1.46. The highest BCUT2D eigenvalue weighted by atomic mass is 19.1. The van der Waals surface area contributed by atoms with Crippen LogP contribution in [0.4, 0.5) is 4.39 Å². The standard InChI is InChI=1S/C17H15FN2O2/c1-10-19-9-13-4-11(7-16(18)17(13)20-10)12-5-14(21-2)8-15(6-12)22-3/h4-9H,1-3H3. The smallest absolute Gasteiger partial charge is 0.150 e.